The minimum absolute atomic E-state index is 0.223. The average Bonchev–Trinajstić information content (AvgIpc) is 2.52. The van der Waals surface area contributed by atoms with E-state index in [0.717, 1.165) is 10.5 Å². The molecule has 0 saturated carbocycles. The molecule has 2 rings (SSSR count). The SMILES string of the molecule is CC[C@@H]1S[C@@H](CC)C(=O)N(CC(=O)Nc2cccc(C)c2)C1=O. The number of carbonyl (C=O) groups excluding carboxylic acids is 3. The Morgan fingerprint density at radius 3 is 2.30 bits per heavy atom. The lowest BCUT2D eigenvalue weighted by atomic mass is 10.2. The molecule has 3 amide bonds. The Kier molecular flexibility index (Phi) is 5.82. The highest BCUT2D eigenvalue weighted by Gasteiger charge is 2.40. The Bertz CT molecular complexity index is 596. The van der Waals surface area contributed by atoms with Crippen LogP contribution in [0.5, 0.6) is 0 Å². The fraction of sp³-hybridized carbons (Fsp3) is 0.471. The van der Waals surface area contributed by atoms with Gasteiger partial charge in [-0.15, -0.1) is 11.8 Å². The molecule has 0 unspecified atom stereocenters. The third-order valence-electron chi connectivity index (χ3n) is 3.76. The van der Waals surface area contributed by atoms with Gasteiger partial charge in [0, 0.05) is 5.69 Å². The van der Waals surface area contributed by atoms with Crippen molar-refractivity contribution in [2.24, 2.45) is 0 Å². The van der Waals surface area contributed by atoms with Gasteiger partial charge in [0.05, 0.1) is 10.5 Å². The van der Waals surface area contributed by atoms with Crippen LogP contribution in [0.1, 0.15) is 32.3 Å². The van der Waals surface area contributed by atoms with Crippen LogP contribution >= 0.6 is 11.8 Å². The molecule has 1 saturated heterocycles. The van der Waals surface area contributed by atoms with Crippen LogP contribution in [0.3, 0.4) is 0 Å². The maximum absolute atomic E-state index is 12.4. The summed E-state index contributed by atoms with van der Waals surface area (Å²) < 4.78 is 0. The van der Waals surface area contributed by atoms with Crippen LogP contribution in [0.15, 0.2) is 24.3 Å². The molecule has 1 aliphatic heterocycles. The highest BCUT2D eigenvalue weighted by atomic mass is 32.2. The Labute approximate surface area is 140 Å². The van der Waals surface area contributed by atoms with E-state index in [1.807, 2.05) is 39.0 Å². The number of aryl methyl sites for hydroxylation is 1. The predicted molar refractivity (Wildman–Crippen MR) is 92.3 cm³/mol. The summed E-state index contributed by atoms with van der Waals surface area (Å²) in [6.07, 6.45) is 1.31. The number of thioether (sulfide) groups is 1. The van der Waals surface area contributed by atoms with Crippen molar-refractivity contribution in [2.75, 3.05) is 11.9 Å². The number of rotatable bonds is 5. The zero-order valence-corrected chi connectivity index (χ0v) is 14.5. The van der Waals surface area contributed by atoms with Gasteiger partial charge in [0.1, 0.15) is 6.54 Å². The third-order valence-corrected chi connectivity index (χ3v) is 5.48. The van der Waals surface area contributed by atoms with E-state index in [0.29, 0.717) is 18.5 Å². The minimum atomic E-state index is -0.353. The Hall–Kier alpha value is -1.82. The van der Waals surface area contributed by atoms with Gasteiger partial charge in [-0.05, 0) is 37.5 Å². The molecule has 23 heavy (non-hydrogen) atoms. The van der Waals surface area contributed by atoms with Crippen LogP contribution in [-0.4, -0.2) is 39.7 Å². The second kappa shape index (κ2) is 7.64. The van der Waals surface area contributed by atoms with E-state index >= 15 is 0 Å². The molecule has 1 heterocycles. The zero-order valence-electron chi connectivity index (χ0n) is 13.7. The second-order valence-corrected chi connectivity index (χ2v) is 7.02. The first-order valence-electron chi connectivity index (χ1n) is 7.83. The molecule has 2 atom stereocenters. The van der Waals surface area contributed by atoms with Gasteiger partial charge in [0.2, 0.25) is 17.7 Å². The number of nitrogens with zero attached hydrogens (tertiary/aromatic N) is 1. The van der Waals surface area contributed by atoms with Crippen molar-refractivity contribution in [3.05, 3.63) is 29.8 Å². The van der Waals surface area contributed by atoms with Crippen LogP contribution in [0.25, 0.3) is 0 Å². The topological polar surface area (TPSA) is 66.5 Å². The number of carbonyl (C=O) groups is 3. The van der Waals surface area contributed by atoms with Crippen molar-refractivity contribution in [1.82, 2.24) is 4.90 Å². The molecule has 1 fully saturated rings. The Morgan fingerprint density at radius 1 is 1.17 bits per heavy atom. The van der Waals surface area contributed by atoms with E-state index in [9.17, 15) is 14.4 Å². The molecule has 0 aromatic heterocycles. The fourth-order valence-electron chi connectivity index (χ4n) is 2.54. The van der Waals surface area contributed by atoms with Gasteiger partial charge in [-0.25, -0.2) is 0 Å². The minimum Gasteiger partial charge on any atom is -0.325 e. The molecule has 1 aliphatic rings. The van der Waals surface area contributed by atoms with Crippen LogP contribution in [0.2, 0.25) is 0 Å². The summed E-state index contributed by atoms with van der Waals surface area (Å²) in [7, 11) is 0. The lowest BCUT2D eigenvalue weighted by Gasteiger charge is -2.34. The van der Waals surface area contributed by atoms with Crippen molar-refractivity contribution < 1.29 is 14.4 Å². The summed E-state index contributed by atoms with van der Waals surface area (Å²) in [6, 6.07) is 7.41. The molecule has 1 aromatic rings. The first-order chi connectivity index (χ1) is 11.0. The summed E-state index contributed by atoms with van der Waals surface area (Å²) in [4.78, 5) is 38.1. The summed E-state index contributed by atoms with van der Waals surface area (Å²) in [5.74, 6) is -0.868. The number of anilines is 1. The first-order valence-corrected chi connectivity index (χ1v) is 8.77. The Balaban J connectivity index is 2.08. The maximum Gasteiger partial charge on any atom is 0.244 e. The van der Waals surface area contributed by atoms with Gasteiger partial charge in [0.25, 0.3) is 0 Å². The summed E-state index contributed by atoms with van der Waals surface area (Å²) >= 11 is 1.41. The second-order valence-electron chi connectivity index (χ2n) is 5.61. The lowest BCUT2D eigenvalue weighted by Crippen LogP contribution is -2.53. The maximum atomic E-state index is 12.4. The van der Waals surface area contributed by atoms with Gasteiger partial charge in [-0.2, -0.15) is 0 Å². The van der Waals surface area contributed by atoms with Crippen molar-refractivity contribution in [2.45, 2.75) is 44.1 Å². The molecule has 0 aliphatic carbocycles. The van der Waals surface area contributed by atoms with Crippen LogP contribution in [-0.2, 0) is 14.4 Å². The summed E-state index contributed by atoms with van der Waals surface area (Å²) in [5, 5.41) is 2.25. The van der Waals surface area contributed by atoms with Crippen molar-refractivity contribution in [3.63, 3.8) is 0 Å². The highest BCUT2D eigenvalue weighted by molar-refractivity contribution is 8.02. The quantitative estimate of drug-likeness (QED) is 0.841. The molecule has 124 valence electrons. The van der Waals surface area contributed by atoms with E-state index in [-0.39, 0.29) is 34.8 Å². The normalized spacial score (nSPS) is 21.4. The lowest BCUT2D eigenvalue weighted by molar-refractivity contribution is -0.147. The molecule has 6 heteroatoms. The van der Waals surface area contributed by atoms with Gasteiger partial charge < -0.3 is 5.32 Å². The molecule has 0 spiro atoms. The van der Waals surface area contributed by atoms with Crippen molar-refractivity contribution in [3.8, 4) is 0 Å². The average molecular weight is 334 g/mol. The number of hydrogen-bond acceptors (Lipinski definition) is 4. The van der Waals surface area contributed by atoms with Crippen molar-refractivity contribution >= 4 is 35.2 Å². The Morgan fingerprint density at radius 2 is 1.78 bits per heavy atom. The largest absolute Gasteiger partial charge is 0.325 e. The molecular weight excluding hydrogens is 312 g/mol. The summed E-state index contributed by atoms with van der Waals surface area (Å²) in [6.45, 7) is 5.55. The van der Waals surface area contributed by atoms with Crippen LogP contribution < -0.4 is 5.32 Å². The number of nitrogens with one attached hydrogen (secondary N) is 1. The van der Waals surface area contributed by atoms with Gasteiger partial charge in [-0.1, -0.05) is 26.0 Å². The molecule has 1 aromatic carbocycles. The van der Waals surface area contributed by atoms with Gasteiger partial charge in [0.15, 0.2) is 0 Å². The van der Waals surface area contributed by atoms with Gasteiger partial charge >= 0.3 is 0 Å². The number of amides is 3. The standard InChI is InChI=1S/C17H22N2O3S/c1-4-13-16(21)19(17(22)14(5-2)23-13)10-15(20)18-12-8-6-7-11(3)9-12/h6-9,13-14H,4-5,10H2,1-3H3,(H,18,20)/t13-,14-/m0/s1. The van der Waals surface area contributed by atoms with Gasteiger partial charge in [-0.3, -0.25) is 19.3 Å². The van der Waals surface area contributed by atoms with Crippen LogP contribution in [0, 0.1) is 6.92 Å². The van der Waals surface area contributed by atoms with E-state index in [1.54, 1.807) is 6.07 Å². The predicted octanol–water partition coefficient (Wildman–Crippen LogP) is 2.59. The fourth-order valence-corrected chi connectivity index (χ4v) is 3.80. The van der Waals surface area contributed by atoms with Crippen molar-refractivity contribution in [1.29, 1.82) is 0 Å². The molecule has 0 bridgehead atoms. The molecule has 1 N–H and O–H groups in total. The monoisotopic (exact) mass is 334 g/mol. The van der Waals surface area contributed by atoms with E-state index in [2.05, 4.69) is 5.32 Å². The van der Waals surface area contributed by atoms with Crippen LogP contribution in [0.4, 0.5) is 5.69 Å². The first kappa shape index (κ1) is 17.5. The molecule has 5 nitrogen and oxygen atoms in total. The zero-order chi connectivity index (χ0) is 17.0. The number of benzene rings is 1. The number of imide groups is 1. The molecule has 0 radical (unpaired) electrons. The van der Waals surface area contributed by atoms with E-state index in [4.69, 9.17) is 0 Å². The smallest absolute Gasteiger partial charge is 0.244 e. The van der Waals surface area contributed by atoms with E-state index in [1.165, 1.54) is 11.8 Å². The number of hydrogen-bond donors (Lipinski definition) is 1. The van der Waals surface area contributed by atoms with E-state index < -0.39 is 0 Å². The summed E-state index contributed by atoms with van der Waals surface area (Å²) in [5.41, 5.74) is 1.70. The molecular formula is C17H22N2O3S. The third kappa shape index (κ3) is 4.13. The highest BCUT2D eigenvalue weighted by Crippen LogP contribution is 2.31.